The molecular formula is C15H23NO. The first kappa shape index (κ1) is 12.4. The molecular weight excluding hydrogens is 210 g/mol. The number of ether oxygens (including phenoxy) is 1. The van der Waals surface area contributed by atoms with E-state index in [4.69, 9.17) is 4.74 Å². The molecule has 1 aliphatic rings. The lowest BCUT2D eigenvalue weighted by Crippen LogP contribution is -2.41. The summed E-state index contributed by atoms with van der Waals surface area (Å²) in [6.45, 7) is 7.79. The second kappa shape index (κ2) is 5.09. The van der Waals surface area contributed by atoms with Crippen LogP contribution in [0.2, 0.25) is 0 Å². The van der Waals surface area contributed by atoms with E-state index in [2.05, 4.69) is 43.0 Å². The van der Waals surface area contributed by atoms with E-state index < -0.39 is 0 Å². The third-order valence-electron chi connectivity index (χ3n) is 3.40. The quantitative estimate of drug-likeness (QED) is 0.741. The molecule has 0 spiro atoms. The lowest BCUT2D eigenvalue weighted by atomic mass is 9.81. The van der Waals surface area contributed by atoms with Gasteiger partial charge in [-0.25, -0.2) is 0 Å². The second-order valence-electron chi connectivity index (χ2n) is 5.74. The van der Waals surface area contributed by atoms with Crippen LogP contribution in [0.1, 0.15) is 25.8 Å². The van der Waals surface area contributed by atoms with Crippen LogP contribution < -0.4 is 4.90 Å². The standard InChI is InChI=1S/C15H23NO/c1-15(2)11-13-7-4-5-8-14(13)16(12-15)9-6-10-17-3/h4-5,7-8H,6,9-12H2,1-3H3. The van der Waals surface area contributed by atoms with E-state index in [1.54, 1.807) is 7.11 Å². The molecule has 1 aliphatic heterocycles. The molecule has 0 bridgehead atoms. The summed E-state index contributed by atoms with van der Waals surface area (Å²) in [4.78, 5) is 2.51. The molecule has 0 saturated heterocycles. The number of nitrogens with zero attached hydrogens (tertiary/aromatic N) is 1. The van der Waals surface area contributed by atoms with Crippen molar-refractivity contribution < 1.29 is 4.74 Å². The van der Waals surface area contributed by atoms with Gasteiger partial charge in [-0.2, -0.15) is 0 Å². The molecule has 0 saturated carbocycles. The Bertz CT molecular complexity index is 373. The summed E-state index contributed by atoms with van der Waals surface area (Å²) in [5.74, 6) is 0. The lowest BCUT2D eigenvalue weighted by Gasteiger charge is -2.40. The zero-order chi connectivity index (χ0) is 12.3. The first-order chi connectivity index (χ1) is 8.12. The van der Waals surface area contributed by atoms with Crippen molar-refractivity contribution in [2.24, 2.45) is 5.41 Å². The SMILES string of the molecule is COCCCN1CC(C)(C)Cc2ccccc21. The van der Waals surface area contributed by atoms with Crippen LogP contribution in [0, 0.1) is 5.41 Å². The maximum atomic E-state index is 5.15. The Morgan fingerprint density at radius 2 is 2.06 bits per heavy atom. The summed E-state index contributed by atoms with van der Waals surface area (Å²) >= 11 is 0. The van der Waals surface area contributed by atoms with Crippen LogP contribution in [0.3, 0.4) is 0 Å². The summed E-state index contributed by atoms with van der Waals surface area (Å²) in [5, 5.41) is 0. The monoisotopic (exact) mass is 233 g/mol. The maximum Gasteiger partial charge on any atom is 0.0479 e. The van der Waals surface area contributed by atoms with Crippen LogP contribution in [0.4, 0.5) is 5.69 Å². The van der Waals surface area contributed by atoms with Crippen molar-refractivity contribution >= 4 is 5.69 Å². The average molecular weight is 233 g/mol. The molecule has 0 unspecified atom stereocenters. The van der Waals surface area contributed by atoms with Gasteiger partial charge in [0.15, 0.2) is 0 Å². The molecule has 0 aromatic heterocycles. The van der Waals surface area contributed by atoms with Gasteiger partial charge >= 0.3 is 0 Å². The molecule has 1 aromatic carbocycles. The van der Waals surface area contributed by atoms with Crippen LogP contribution >= 0.6 is 0 Å². The molecule has 94 valence electrons. The van der Waals surface area contributed by atoms with Gasteiger partial charge in [0.1, 0.15) is 0 Å². The Morgan fingerprint density at radius 3 is 2.82 bits per heavy atom. The van der Waals surface area contributed by atoms with Crippen molar-refractivity contribution in [3.63, 3.8) is 0 Å². The molecule has 2 nitrogen and oxygen atoms in total. The third-order valence-corrected chi connectivity index (χ3v) is 3.40. The van der Waals surface area contributed by atoms with Crippen LogP contribution in [0.25, 0.3) is 0 Å². The summed E-state index contributed by atoms with van der Waals surface area (Å²) in [7, 11) is 1.77. The van der Waals surface area contributed by atoms with Gasteiger partial charge in [0.2, 0.25) is 0 Å². The number of anilines is 1. The molecule has 1 heterocycles. The van der Waals surface area contributed by atoms with Crippen LogP contribution in [-0.2, 0) is 11.2 Å². The Morgan fingerprint density at radius 1 is 1.29 bits per heavy atom. The fourth-order valence-corrected chi connectivity index (χ4v) is 2.74. The highest BCUT2D eigenvalue weighted by Crippen LogP contribution is 2.35. The maximum absolute atomic E-state index is 5.15. The Hall–Kier alpha value is -1.02. The summed E-state index contributed by atoms with van der Waals surface area (Å²) < 4.78 is 5.15. The highest BCUT2D eigenvalue weighted by molar-refractivity contribution is 5.56. The molecule has 0 atom stereocenters. The lowest BCUT2D eigenvalue weighted by molar-refractivity contribution is 0.194. The molecule has 0 amide bonds. The van der Waals surface area contributed by atoms with E-state index in [1.807, 2.05) is 0 Å². The fraction of sp³-hybridized carbons (Fsp3) is 0.600. The number of benzene rings is 1. The number of rotatable bonds is 4. The molecule has 17 heavy (non-hydrogen) atoms. The van der Waals surface area contributed by atoms with Gasteiger partial charge < -0.3 is 9.64 Å². The third kappa shape index (κ3) is 3.01. The van der Waals surface area contributed by atoms with E-state index in [1.165, 1.54) is 17.7 Å². The van der Waals surface area contributed by atoms with Gasteiger partial charge in [0.25, 0.3) is 0 Å². The van der Waals surface area contributed by atoms with E-state index in [-0.39, 0.29) is 0 Å². The van der Waals surface area contributed by atoms with Gasteiger partial charge in [-0.05, 0) is 29.9 Å². The summed E-state index contributed by atoms with van der Waals surface area (Å²) in [6, 6.07) is 8.80. The predicted molar refractivity (Wildman–Crippen MR) is 72.6 cm³/mol. The molecule has 1 aromatic rings. The number of fused-ring (bicyclic) bond motifs is 1. The van der Waals surface area contributed by atoms with Crippen LogP contribution in [0.5, 0.6) is 0 Å². The van der Waals surface area contributed by atoms with E-state index >= 15 is 0 Å². The van der Waals surface area contributed by atoms with Gasteiger partial charge in [0.05, 0.1) is 0 Å². The van der Waals surface area contributed by atoms with E-state index in [0.717, 1.165) is 26.1 Å². The number of methoxy groups -OCH3 is 1. The van der Waals surface area contributed by atoms with Crippen molar-refractivity contribution in [2.45, 2.75) is 26.7 Å². The zero-order valence-electron chi connectivity index (χ0n) is 11.2. The number of hydrogen-bond acceptors (Lipinski definition) is 2. The number of hydrogen-bond donors (Lipinski definition) is 0. The van der Waals surface area contributed by atoms with Crippen molar-refractivity contribution in [3.8, 4) is 0 Å². The first-order valence-corrected chi connectivity index (χ1v) is 6.44. The fourth-order valence-electron chi connectivity index (χ4n) is 2.74. The van der Waals surface area contributed by atoms with Crippen molar-refractivity contribution in [1.29, 1.82) is 0 Å². The smallest absolute Gasteiger partial charge is 0.0479 e. The normalized spacial score (nSPS) is 17.9. The Balaban J connectivity index is 2.15. The molecule has 0 N–H and O–H groups in total. The zero-order valence-corrected chi connectivity index (χ0v) is 11.2. The minimum absolute atomic E-state index is 0.376. The molecule has 0 aliphatic carbocycles. The van der Waals surface area contributed by atoms with E-state index in [9.17, 15) is 0 Å². The Labute approximate surface area is 105 Å². The number of para-hydroxylation sites is 1. The topological polar surface area (TPSA) is 12.5 Å². The molecule has 0 radical (unpaired) electrons. The van der Waals surface area contributed by atoms with Gasteiger partial charge in [-0.15, -0.1) is 0 Å². The van der Waals surface area contributed by atoms with Crippen molar-refractivity contribution in [2.75, 3.05) is 31.7 Å². The van der Waals surface area contributed by atoms with E-state index in [0.29, 0.717) is 5.41 Å². The average Bonchev–Trinajstić information content (AvgIpc) is 2.28. The largest absolute Gasteiger partial charge is 0.385 e. The second-order valence-corrected chi connectivity index (χ2v) is 5.74. The minimum Gasteiger partial charge on any atom is -0.385 e. The van der Waals surface area contributed by atoms with Gasteiger partial charge in [0, 0.05) is 32.5 Å². The summed E-state index contributed by atoms with van der Waals surface area (Å²) in [5.41, 5.74) is 3.28. The predicted octanol–water partition coefficient (Wildman–Crippen LogP) is 3.11. The highest BCUT2D eigenvalue weighted by Gasteiger charge is 2.29. The van der Waals surface area contributed by atoms with Gasteiger partial charge in [-0.1, -0.05) is 32.0 Å². The van der Waals surface area contributed by atoms with Crippen molar-refractivity contribution in [3.05, 3.63) is 29.8 Å². The highest BCUT2D eigenvalue weighted by atomic mass is 16.5. The summed E-state index contributed by atoms with van der Waals surface area (Å²) in [6.07, 6.45) is 2.28. The molecule has 0 fully saturated rings. The first-order valence-electron chi connectivity index (χ1n) is 6.44. The van der Waals surface area contributed by atoms with Crippen LogP contribution in [-0.4, -0.2) is 26.8 Å². The van der Waals surface area contributed by atoms with Crippen LogP contribution in [0.15, 0.2) is 24.3 Å². The molecule has 2 rings (SSSR count). The minimum atomic E-state index is 0.376. The van der Waals surface area contributed by atoms with Crippen molar-refractivity contribution in [1.82, 2.24) is 0 Å². The molecule has 2 heteroatoms. The Kier molecular flexibility index (Phi) is 3.72. The van der Waals surface area contributed by atoms with Gasteiger partial charge in [-0.3, -0.25) is 0 Å².